The highest BCUT2D eigenvalue weighted by atomic mass is 35.5. The van der Waals surface area contributed by atoms with Gasteiger partial charge in [0.15, 0.2) is 0 Å². The van der Waals surface area contributed by atoms with Gasteiger partial charge in [-0.05, 0) is 36.6 Å². The molecule has 0 fully saturated rings. The molecule has 2 rings (SSSR count). The van der Waals surface area contributed by atoms with Gasteiger partial charge in [-0.25, -0.2) is 4.39 Å². The highest BCUT2D eigenvalue weighted by Crippen LogP contribution is 2.26. The molecule has 1 unspecified atom stereocenters. The van der Waals surface area contributed by atoms with E-state index in [0.29, 0.717) is 11.4 Å². The van der Waals surface area contributed by atoms with E-state index in [1.165, 1.54) is 12.1 Å². The number of nitrogens with two attached hydrogens (primary N) is 1. The van der Waals surface area contributed by atoms with Crippen LogP contribution in [0.3, 0.4) is 0 Å². The monoisotopic (exact) mass is 295 g/mol. The predicted molar refractivity (Wildman–Crippen MR) is 79.4 cm³/mol. The molecular formula is C15H19ClFN3. The number of benzene rings is 1. The smallest absolute Gasteiger partial charge is 0.123 e. The highest BCUT2D eigenvalue weighted by Gasteiger charge is 2.18. The minimum absolute atomic E-state index is 0.272. The van der Waals surface area contributed by atoms with Gasteiger partial charge in [0.2, 0.25) is 0 Å². The largest absolute Gasteiger partial charge is 0.324 e. The summed E-state index contributed by atoms with van der Waals surface area (Å²) >= 11 is 6.32. The first-order valence-electron chi connectivity index (χ1n) is 6.65. The van der Waals surface area contributed by atoms with Gasteiger partial charge in [-0.15, -0.1) is 0 Å². The molecule has 0 aliphatic rings. The average molecular weight is 296 g/mol. The zero-order valence-corrected chi connectivity index (χ0v) is 12.7. The maximum Gasteiger partial charge on any atom is 0.123 e. The van der Waals surface area contributed by atoms with Crippen LogP contribution in [-0.2, 0) is 19.9 Å². The molecule has 0 spiro atoms. The van der Waals surface area contributed by atoms with E-state index < -0.39 is 0 Å². The Balaban J connectivity index is 2.30. The molecule has 1 aromatic carbocycles. The standard InChI is InChI=1S/C15H19ClFN3/c1-4-13-15(16)14(20(3)19-13)8-12(18)11-7-10(17)6-5-9(11)2/h5-7,12H,4,8,18H2,1-3H3. The lowest BCUT2D eigenvalue weighted by atomic mass is 9.98. The van der Waals surface area contributed by atoms with Crippen LogP contribution in [0.25, 0.3) is 0 Å². The molecule has 1 atom stereocenters. The summed E-state index contributed by atoms with van der Waals surface area (Å²) in [5.41, 5.74) is 9.76. The van der Waals surface area contributed by atoms with E-state index in [1.807, 2.05) is 20.9 Å². The van der Waals surface area contributed by atoms with E-state index in [0.717, 1.165) is 28.9 Å². The molecule has 3 nitrogen and oxygen atoms in total. The van der Waals surface area contributed by atoms with Crippen molar-refractivity contribution in [1.29, 1.82) is 0 Å². The fourth-order valence-corrected chi connectivity index (χ4v) is 2.74. The maximum atomic E-state index is 13.4. The van der Waals surface area contributed by atoms with Crippen molar-refractivity contribution < 1.29 is 4.39 Å². The lowest BCUT2D eigenvalue weighted by Crippen LogP contribution is -2.17. The first-order chi connectivity index (χ1) is 9.43. The van der Waals surface area contributed by atoms with Crippen LogP contribution < -0.4 is 5.73 Å². The second-order valence-electron chi connectivity index (χ2n) is 5.00. The van der Waals surface area contributed by atoms with E-state index >= 15 is 0 Å². The highest BCUT2D eigenvalue weighted by molar-refractivity contribution is 6.31. The maximum absolute atomic E-state index is 13.4. The summed E-state index contributed by atoms with van der Waals surface area (Å²) < 4.78 is 15.1. The van der Waals surface area contributed by atoms with Crippen molar-refractivity contribution in [2.24, 2.45) is 12.8 Å². The predicted octanol–water partition coefficient (Wildman–Crippen LogP) is 3.33. The van der Waals surface area contributed by atoms with Crippen molar-refractivity contribution in [1.82, 2.24) is 9.78 Å². The van der Waals surface area contributed by atoms with Crippen LogP contribution >= 0.6 is 11.6 Å². The molecular weight excluding hydrogens is 277 g/mol. The number of rotatable bonds is 4. The van der Waals surface area contributed by atoms with Gasteiger partial charge < -0.3 is 5.73 Å². The van der Waals surface area contributed by atoms with Gasteiger partial charge in [0.05, 0.1) is 16.4 Å². The number of halogens is 2. The third-order valence-electron chi connectivity index (χ3n) is 3.56. The first-order valence-corrected chi connectivity index (χ1v) is 7.03. The summed E-state index contributed by atoms with van der Waals surface area (Å²) in [6, 6.07) is 4.37. The molecule has 0 saturated carbocycles. The van der Waals surface area contributed by atoms with Crippen molar-refractivity contribution in [2.45, 2.75) is 32.7 Å². The molecule has 0 radical (unpaired) electrons. The molecule has 1 aromatic heterocycles. The number of aromatic nitrogens is 2. The van der Waals surface area contributed by atoms with Crippen LogP contribution in [0.1, 0.15) is 35.5 Å². The van der Waals surface area contributed by atoms with Gasteiger partial charge >= 0.3 is 0 Å². The van der Waals surface area contributed by atoms with Crippen LogP contribution in [0.4, 0.5) is 4.39 Å². The van der Waals surface area contributed by atoms with Gasteiger partial charge in [-0.1, -0.05) is 24.6 Å². The number of hydrogen-bond donors (Lipinski definition) is 1. The lowest BCUT2D eigenvalue weighted by Gasteiger charge is -2.15. The second kappa shape index (κ2) is 5.94. The Morgan fingerprint density at radius 3 is 2.75 bits per heavy atom. The van der Waals surface area contributed by atoms with E-state index in [2.05, 4.69) is 5.10 Å². The quantitative estimate of drug-likeness (QED) is 0.940. The van der Waals surface area contributed by atoms with Crippen LogP contribution in [0, 0.1) is 12.7 Å². The van der Waals surface area contributed by atoms with Crippen molar-refractivity contribution in [3.05, 3.63) is 51.6 Å². The van der Waals surface area contributed by atoms with Crippen molar-refractivity contribution >= 4 is 11.6 Å². The molecule has 2 aromatic rings. The molecule has 5 heteroatoms. The minimum atomic E-state index is -0.302. The Bertz CT molecular complexity index is 622. The molecule has 20 heavy (non-hydrogen) atoms. The Morgan fingerprint density at radius 1 is 1.45 bits per heavy atom. The van der Waals surface area contributed by atoms with Crippen LogP contribution in [0.15, 0.2) is 18.2 Å². The van der Waals surface area contributed by atoms with Crippen LogP contribution in [0.2, 0.25) is 5.02 Å². The van der Waals surface area contributed by atoms with Gasteiger partial charge in [0, 0.05) is 19.5 Å². The van der Waals surface area contributed by atoms with Crippen molar-refractivity contribution in [3.63, 3.8) is 0 Å². The number of hydrogen-bond acceptors (Lipinski definition) is 2. The van der Waals surface area contributed by atoms with E-state index in [-0.39, 0.29) is 11.9 Å². The Kier molecular flexibility index (Phi) is 4.45. The van der Waals surface area contributed by atoms with Crippen molar-refractivity contribution in [2.75, 3.05) is 0 Å². The SMILES string of the molecule is CCc1nn(C)c(CC(N)c2cc(F)ccc2C)c1Cl. The van der Waals surface area contributed by atoms with Gasteiger partial charge in [-0.3, -0.25) is 4.68 Å². The fraction of sp³-hybridized carbons (Fsp3) is 0.400. The zero-order chi connectivity index (χ0) is 14.9. The summed E-state index contributed by atoms with van der Waals surface area (Å²) in [5, 5.41) is 5.04. The minimum Gasteiger partial charge on any atom is -0.324 e. The number of nitrogens with zero attached hydrogens (tertiary/aromatic N) is 2. The zero-order valence-electron chi connectivity index (χ0n) is 12.0. The third-order valence-corrected chi connectivity index (χ3v) is 3.99. The average Bonchev–Trinajstić information content (AvgIpc) is 2.68. The van der Waals surface area contributed by atoms with Crippen molar-refractivity contribution in [3.8, 4) is 0 Å². The molecule has 0 amide bonds. The normalized spacial score (nSPS) is 12.7. The first kappa shape index (κ1) is 15.0. The molecule has 2 N–H and O–H groups in total. The fourth-order valence-electron chi connectivity index (χ4n) is 2.37. The Morgan fingerprint density at radius 2 is 2.15 bits per heavy atom. The molecule has 0 aliphatic carbocycles. The Hall–Kier alpha value is -1.39. The van der Waals surface area contributed by atoms with E-state index in [4.69, 9.17) is 17.3 Å². The summed E-state index contributed by atoms with van der Waals surface area (Å²) in [7, 11) is 1.85. The summed E-state index contributed by atoms with van der Waals surface area (Å²) in [6.45, 7) is 3.94. The molecule has 1 heterocycles. The summed E-state index contributed by atoms with van der Waals surface area (Å²) in [4.78, 5) is 0. The Labute approximate surface area is 123 Å². The molecule has 0 aliphatic heterocycles. The molecule has 0 saturated heterocycles. The summed E-state index contributed by atoms with van der Waals surface area (Å²) in [6.07, 6.45) is 1.31. The topological polar surface area (TPSA) is 43.8 Å². The van der Waals surface area contributed by atoms with Gasteiger partial charge in [0.25, 0.3) is 0 Å². The molecule has 108 valence electrons. The van der Waals surface area contributed by atoms with E-state index in [9.17, 15) is 4.39 Å². The van der Waals surface area contributed by atoms with Crippen LogP contribution in [0.5, 0.6) is 0 Å². The summed E-state index contributed by atoms with van der Waals surface area (Å²) in [5.74, 6) is -0.272. The molecule has 0 bridgehead atoms. The van der Waals surface area contributed by atoms with Gasteiger partial charge in [0.1, 0.15) is 5.82 Å². The number of aryl methyl sites for hydroxylation is 3. The lowest BCUT2D eigenvalue weighted by molar-refractivity contribution is 0.608. The second-order valence-corrected chi connectivity index (χ2v) is 5.37. The van der Waals surface area contributed by atoms with Gasteiger partial charge in [-0.2, -0.15) is 5.10 Å². The third kappa shape index (κ3) is 2.86. The van der Waals surface area contributed by atoms with E-state index in [1.54, 1.807) is 10.7 Å². The van der Waals surface area contributed by atoms with Crippen LogP contribution in [-0.4, -0.2) is 9.78 Å².